The largest absolute Gasteiger partial charge is 0.497 e. The first-order valence-electron chi connectivity index (χ1n) is 12.5. The Labute approximate surface area is 219 Å². The fraction of sp³-hybridized carbons (Fsp3) is 0.367. The number of rotatable bonds is 8. The van der Waals surface area contributed by atoms with Crippen molar-refractivity contribution in [2.24, 2.45) is 0 Å². The summed E-state index contributed by atoms with van der Waals surface area (Å²) >= 11 is 6.74. The minimum absolute atomic E-state index is 0.0287. The van der Waals surface area contributed by atoms with Crippen LogP contribution in [0.5, 0.6) is 11.5 Å². The van der Waals surface area contributed by atoms with Crippen molar-refractivity contribution < 1.29 is 9.47 Å². The lowest BCUT2D eigenvalue weighted by Crippen LogP contribution is -2.47. The Hall–Kier alpha value is -2.86. The number of nitrogens with zero attached hydrogens (tertiary/aromatic N) is 2. The summed E-state index contributed by atoms with van der Waals surface area (Å²) < 4.78 is 10.8. The van der Waals surface area contributed by atoms with Crippen molar-refractivity contribution in [1.82, 2.24) is 9.80 Å². The highest BCUT2D eigenvalue weighted by molar-refractivity contribution is 6.31. The molecule has 0 aliphatic carbocycles. The third-order valence-electron chi connectivity index (χ3n) is 6.96. The van der Waals surface area contributed by atoms with Crippen LogP contribution in [0.1, 0.15) is 48.1 Å². The zero-order chi connectivity index (χ0) is 25.7. The van der Waals surface area contributed by atoms with Crippen molar-refractivity contribution in [1.29, 1.82) is 0 Å². The maximum absolute atomic E-state index is 13.1. The summed E-state index contributed by atoms with van der Waals surface area (Å²) in [7, 11) is 3.22. The smallest absolute Gasteiger partial charge is 0.224 e. The Morgan fingerprint density at radius 1 is 0.861 bits per heavy atom. The van der Waals surface area contributed by atoms with Gasteiger partial charge in [0.2, 0.25) is 5.43 Å². The van der Waals surface area contributed by atoms with Crippen LogP contribution in [0.15, 0.2) is 71.5 Å². The summed E-state index contributed by atoms with van der Waals surface area (Å²) in [4.78, 5) is 17.9. The van der Waals surface area contributed by atoms with E-state index in [1.165, 1.54) is 5.56 Å². The van der Waals surface area contributed by atoms with Crippen LogP contribution < -0.4 is 14.9 Å². The van der Waals surface area contributed by atoms with Crippen LogP contribution in [0, 0.1) is 0 Å². The molecule has 1 saturated heterocycles. The van der Waals surface area contributed by atoms with Crippen LogP contribution in [0.25, 0.3) is 0 Å². The third kappa shape index (κ3) is 5.92. The van der Waals surface area contributed by atoms with Crippen LogP contribution in [0.3, 0.4) is 0 Å². The zero-order valence-electron chi connectivity index (χ0n) is 21.5. The van der Waals surface area contributed by atoms with E-state index >= 15 is 0 Å². The monoisotopic (exact) mass is 506 g/mol. The van der Waals surface area contributed by atoms with Crippen molar-refractivity contribution in [3.05, 3.63) is 104 Å². The number of piperazine rings is 1. The number of hydrogen-bond acceptors (Lipinski definition) is 5. The lowest BCUT2D eigenvalue weighted by molar-refractivity contribution is 0.104. The lowest BCUT2D eigenvalue weighted by Gasteiger charge is -2.40. The molecule has 0 amide bonds. The molecule has 0 bridgehead atoms. The summed E-state index contributed by atoms with van der Waals surface area (Å²) in [6.45, 7) is 8.29. The summed E-state index contributed by atoms with van der Waals surface area (Å²) in [6.07, 6.45) is 0. The second-order valence-electron chi connectivity index (χ2n) is 9.57. The minimum atomic E-state index is -0.0287. The van der Waals surface area contributed by atoms with Crippen LogP contribution in [-0.4, -0.2) is 50.2 Å². The van der Waals surface area contributed by atoms with Gasteiger partial charge in [0.1, 0.15) is 5.75 Å². The molecule has 36 heavy (non-hydrogen) atoms. The van der Waals surface area contributed by atoms with E-state index in [-0.39, 0.29) is 11.5 Å². The molecule has 0 aromatic heterocycles. The molecule has 1 fully saturated rings. The number of ether oxygens (including phenoxy) is 2. The molecule has 1 heterocycles. The van der Waals surface area contributed by atoms with Gasteiger partial charge in [-0.1, -0.05) is 74.0 Å². The first-order chi connectivity index (χ1) is 17.4. The molecule has 0 radical (unpaired) electrons. The quantitative estimate of drug-likeness (QED) is 0.389. The molecule has 3 aromatic carbocycles. The predicted molar refractivity (Wildman–Crippen MR) is 146 cm³/mol. The average molecular weight is 507 g/mol. The summed E-state index contributed by atoms with van der Waals surface area (Å²) in [5.74, 6) is 1.48. The van der Waals surface area contributed by atoms with Gasteiger partial charge in [0.15, 0.2) is 5.75 Å². The van der Waals surface area contributed by atoms with Gasteiger partial charge in [0, 0.05) is 43.3 Å². The highest BCUT2D eigenvalue weighted by Crippen LogP contribution is 2.36. The van der Waals surface area contributed by atoms with Gasteiger partial charge >= 0.3 is 0 Å². The van der Waals surface area contributed by atoms with Gasteiger partial charge in [-0.3, -0.25) is 14.6 Å². The van der Waals surface area contributed by atoms with Gasteiger partial charge in [-0.25, -0.2) is 0 Å². The molecule has 1 aliphatic rings. The van der Waals surface area contributed by atoms with E-state index in [0.717, 1.165) is 48.6 Å². The fourth-order valence-corrected chi connectivity index (χ4v) is 5.10. The molecule has 190 valence electrons. The second-order valence-corrected chi connectivity index (χ2v) is 9.98. The Balaban J connectivity index is 1.54. The minimum Gasteiger partial charge on any atom is -0.497 e. The molecule has 0 spiro atoms. The van der Waals surface area contributed by atoms with E-state index in [1.54, 1.807) is 14.2 Å². The standard InChI is InChI=1S/C30H35ClN2O3/c1-21(2)23-10-11-24(30(34)28(18-23)36-4)20-32-14-16-33(17-15-32)29(22-8-6-5-7-9-22)26-13-12-25(35-3)19-27(26)31/h5-13,18-19,21,29H,14-17,20H2,1-4H3. The van der Waals surface area contributed by atoms with Gasteiger partial charge in [0.25, 0.3) is 0 Å². The van der Waals surface area contributed by atoms with Crippen LogP contribution in [-0.2, 0) is 6.54 Å². The molecule has 4 rings (SSSR count). The van der Waals surface area contributed by atoms with E-state index in [2.05, 4.69) is 60.0 Å². The van der Waals surface area contributed by atoms with Crippen molar-refractivity contribution >= 4 is 11.6 Å². The molecule has 1 atom stereocenters. The normalized spacial score (nSPS) is 15.6. The molecule has 0 N–H and O–H groups in total. The molecule has 5 nitrogen and oxygen atoms in total. The Morgan fingerprint density at radius 3 is 2.19 bits per heavy atom. The maximum atomic E-state index is 13.1. The number of halogens is 1. The van der Waals surface area contributed by atoms with E-state index in [9.17, 15) is 4.79 Å². The van der Waals surface area contributed by atoms with Gasteiger partial charge in [0.05, 0.1) is 20.3 Å². The van der Waals surface area contributed by atoms with Crippen molar-refractivity contribution in [2.75, 3.05) is 40.4 Å². The Kier molecular flexibility index (Phi) is 8.68. The van der Waals surface area contributed by atoms with Crippen molar-refractivity contribution in [3.63, 3.8) is 0 Å². The highest BCUT2D eigenvalue weighted by atomic mass is 35.5. The van der Waals surface area contributed by atoms with Crippen LogP contribution in [0.2, 0.25) is 5.02 Å². The molecule has 6 heteroatoms. The van der Waals surface area contributed by atoms with Crippen molar-refractivity contribution in [2.45, 2.75) is 32.4 Å². The third-order valence-corrected chi connectivity index (χ3v) is 7.29. The van der Waals surface area contributed by atoms with Gasteiger partial charge in [-0.05, 0) is 40.8 Å². The average Bonchev–Trinajstić information content (AvgIpc) is 3.05. The predicted octanol–water partition coefficient (Wildman–Crippen LogP) is 5.75. The lowest BCUT2D eigenvalue weighted by atomic mass is 9.96. The topological polar surface area (TPSA) is 42.0 Å². The van der Waals surface area contributed by atoms with E-state index < -0.39 is 0 Å². The zero-order valence-corrected chi connectivity index (χ0v) is 22.3. The molecular formula is C30H35ClN2O3. The first-order valence-corrected chi connectivity index (χ1v) is 12.8. The van der Waals surface area contributed by atoms with Gasteiger partial charge < -0.3 is 9.47 Å². The van der Waals surface area contributed by atoms with Crippen molar-refractivity contribution in [3.8, 4) is 11.5 Å². The van der Waals surface area contributed by atoms with Gasteiger partial charge in [-0.15, -0.1) is 0 Å². The highest BCUT2D eigenvalue weighted by Gasteiger charge is 2.28. The van der Waals surface area contributed by atoms with Crippen LogP contribution in [0.4, 0.5) is 0 Å². The molecule has 3 aromatic rings. The number of benzene rings is 2. The Bertz CT molecular complexity index is 1220. The molecule has 0 saturated carbocycles. The van der Waals surface area contributed by atoms with E-state index in [4.69, 9.17) is 21.1 Å². The number of methoxy groups -OCH3 is 2. The van der Waals surface area contributed by atoms with Gasteiger partial charge in [-0.2, -0.15) is 0 Å². The second kappa shape index (κ2) is 11.9. The number of hydrogen-bond donors (Lipinski definition) is 0. The first kappa shape index (κ1) is 26.2. The Morgan fingerprint density at radius 2 is 1.58 bits per heavy atom. The summed E-state index contributed by atoms with van der Waals surface area (Å²) in [5, 5.41) is 0.700. The summed E-state index contributed by atoms with van der Waals surface area (Å²) in [5.41, 5.74) is 4.12. The SMILES string of the molecule is COc1ccc(C(c2ccccc2)N2CCN(Cc3ccc(C(C)C)cc(OC)c3=O)CC2)c(Cl)c1. The molecule has 1 aliphatic heterocycles. The van der Waals surface area contributed by atoms with Crippen LogP contribution >= 0.6 is 11.6 Å². The fourth-order valence-electron chi connectivity index (χ4n) is 4.83. The van der Waals surface area contributed by atoms with E-state index in [1.807, 2.05) is 30.3 Å². The molecular weight excluding hydrogens is 472 g/mol. The summed E-state index contributed by atoms with van der Waals surface area (Å²) in [6, 6.07) is 22.3. The van der Waals surface area contributed by atoms with E-state index in [0.29, 0.717) is 23.2 Å². The molecule has 1 unspecified atom stereocenters. The maximum Gasteiger partial charge on any atom is 0.224 e.